The maximum absolute atomic E-state index is 11.5. The highest BCUT2D eigenvalue weighted by atomic mass is 32.2. The zero-order chi connectivity index (χ0) is 11.5. The summed E-state index contributed by atoms with van der Waals surface area (Å²) >= 11 is 0. The SMILES string of the molecule is CCOS(=O)(=O)c1ccc(N)c(OC)c1. The molecule has 1 aromatic carbocycles. The van der Waals surface area contributed by atoms with E-state index in [-0.39, 0.29) is 11.5 Å². The second-order valence-corrected chi connectivity index (χ2v) is 4.38. The number of hydrogen-bond donors (Lipinski definition) is 1. The summed E-state index contributed by atoms with van der Waals surface area (Å²) in [7, 11) is -2.28. The van der Waals surface area contributed by atoms with Gasteiger partial charge in [-0.05, 0) is 19.1 Å². The van der Waals surface area contributed by atoms with Crippen molar-refractivity contribution in [3.63, 3.8) is 0 Å². The third-order valence-corrected chi connectivity index (χ3v) is 3.14. The first-order valence-electron chi connectivity index (χ1n) is 4.34. The van der Waals surface area contributed by atoms with Gasteiger partial charge in [-0.2, -0.15) is 8.42 Å². The monoisotopic (exact) mass is 231 g/mol. The molecule has 0 aliphatic rings. The highest BCUT2D eigenvalue weighted by Crippen LogP contribution is 2.25. The highest BCUT2D eigenvalue weighted by Gasteiger charge is 2.15. The zero-order valence-corrected chi connectivity index (χ0v) is 9.37. The van der Waals surface area contributed by atoms with Crippen molar-refractivity contribution in [3.8, 4) is 5.75 Å². The van der Waals surface area contributed by atoms with Crippen LogP contribution in [0, 0.1) is 0 Å². The van der Waals surface area contributed by atoms with Gasteiger partial charge in [0.05, 0.1) is 24.3 Å². The number of methoxy groups -OCH3 is 1. The fraction of sp³-hybridized carbons (Fsp3) is 0.333. The molecule has 0 amide bonds. The number of hydrogen-bond acceptors (Lipinski definition) is 5. The van der Waals surface area contributed by atoms with Gasteiger partial charge in [0.25, 0.3) is 10.1 Å². The van der Waals surface area contributed by atoms with Crippen LogP contribution in [0.4, 0.5) is 5.69 Å². The molecule has 0 spiro atoms. The van der Waals surface area contributed by atoms with E-state index in [2.05, 4.69) is 4.18 Å². The molecule has 0 aromatic heterocycles. The number of nitrogen functional groups attached to an aromatic ring is 1. The molecular formula is C9H13NO4S. The Morgan fingerprint density at radius 3 is 2.60 bits per heavy atom. The van der Waals surface area contributed by atoms with Gasteiger partial charge in [-0.1, -0.05) is 0 Å². The van der Waals surface area contributed by atoms with Gasteiger partial charge in [-0.25, -0.2) is 0 Å². The average molecular weight is 231 g/mol. The summed E-state index contributed by atoms with van der Waals surface area (Å²) in [5.74, 6) is 0.316. The first kappa shape index (κ1) is 11.8. The third-order valence-electron chi connectivity index (χ3n) is 1.77. The molecule has 0 heterocycles. The van der Waals surface area contributed by atoms with E-state index in [1.165, 1.54) is 25.3 Å². The van der Waals surface area contributed by atoms with Gasteiger partial charge < -0.3 is 10.5 Å². The summed E-state index contributed by atoms with van der Waals surface area (Å²) in [4.78, 5) is 0.0374. The second kappa shape index (κ2) is 4.50. The first-order chi connectivity index (χ1) is 7.01. The minimum absolute atomic E-state index is 0.0374. The molecule has 6 heteroatoms. The van der Waals surface area contributed by atoms with E-state index in [9.17, 15) is 8.42 Å². The lowest BCUT2D eigenvalue weighted by Gasteiger charge is -2.07. The number of ether oxygens (including phenoxy) is 1. The van der Waals surface area contributed by atoms with Crippen LogP contribution >= 0.6 is 0 Å². The minimum Gasteiger partial charge on any atom is -0.495 e. The molecule has 84 valence electrons. The molecule has 5 nitrogen and oxygen atoms in total. The van der Waals surface area contributed by atoms with Crippen molar-refractivity contribution in [2.45, 2.75) is 11.8 Å². The number of nitrogens with two attached hydrogens (primary N) is 1. The van der Waals surface area contributed by atoms with Crippen molar-refractivity contribution in [2.75, 3.05) is 19.5 Å². The van der Waals surface area contributed by atoms with E-state index in [0.29, 0.717) is 11.4 Å². The Bertz CT molecular complexity index is 441. The summed E-state index contributed by atoms with van der Waals surface area (Å²) in [6, 6.07) is 4.17. The smallest absolute Gasteiger partial charge is 0.297 e. The fourth-order valence-corrected chi connectivity index (χ4v) is 2.00. The molecular weight excluding hydrogens is 218 g/mol. The molecule has 1 aromatic rings. The number of anilines is 1. The lowest BCUT2D eigenvalue weighted by Crippen LogP contribution is -2.06. The van der Waals surface area contributed by atoms with Crippen LogP contribution < -0.4 is 10.5 Å². The Labute approximate surface area is 88.9 Å². The normalized spacial score (nSPS) is 11.3. The van der Waals surface area contributed by atoms with Gasteiger partial charge in [0, 0.05) is 6.07 Å². The summed E-state index contributed by atoms with van der Waals surface area (Å²) in [5.41, 5.74) is 5.94. The molecule has 0 unspecified atom stereocenters. The lowest BCUT2D eigenvalue weighted by atomic mass is 10.3. The van der Waals surface area contributed by atoms with Gasteiger partial charge >= 0.3 is 0 Å². The topological polar surface area (TPSA) is 78.6 Å². The minimum atomic E-state index is -3.70. The lowest BCUT2D eigenvalue weighted by molar-refractivity contribution is 0.337. The summed E-state index contributed by atoms with van der Waals surface area (Å²) in [5, 5.41) is 0. The molecule has 0 saturated carbocycles. The molecule has 0 aliphatic heterocycles. The predicted octanol–water partition coefficient (Wildman–Crippen LogP) is 1.00. The van der Waals surface area contributed by atoms with Gasteiger partial charge in [-0.15, -0.1) is 0 Å². The van der Waals surface area contributed by atoms with E-state index in [1.807, 2.05) is 0 Å². The Morgan fingerprint density at radius 1 is 1.40 bits per heavy atom. The average Bonchev–Trinajstić information content (AvgIpc) is 2.18. The highest BCUT2D eigenvalue weighted by molar-refractivity contribution is 7.86. The van der Waals surface area contributed by atoms with Crippen molar-refractivity contribution in [1.82, 2.24) is 0 Å². The van der Waals surface area contributed by atoms with E-state index in [4.69, 9.17) is 10.5 Å². The van der Waals surface area contributed by atoms with Gasteiger partial charge in [0.2, 0.25) is 0 Å². The van der Waals surface area contributed by atoms with E-state index < -0.39 is 10.1 Å². The fourth-order valence-electron chi connectivity index (χ4n) is 1.07. The van der Waals surface area contributed by atoms with Crippen LogP contribution in [0.25, 0.3) is 0 Å². The molecule has 0 aliphatic carbocycles. The Hall–Kier alpha value is -1.27. The Morgan fingerprint density at radius 2 is 2.07 bits per heavy atom. The molecule has 2 N–H and O–H groups in total. The van der Waals surface area contributed by atoms with E-state index in [1.54, 1.807) is 6.92 Å². The quantitative estimate of drug-likeness (QED) is 0.618. The maximum Gasteiger partial charge on any atom is 0.297 e. The summed E-state index contributed by atoms with van der Waals surface area (Å²) in [6.07, 6.45) is 0. The predicted molar refractivity (Wildman–Crippen MR) is 56.2 cm³/mol. The molecule has 1 rings (SSSR count). The van der Waals surface area contributed by atoms with Crippen molar-refractivity contribution in [1.29, 1.82) is 0 Å². The van der Waals surface area contributed by atoms with Crippen LogP contribution in [0.2, 0.25) is 0 Å². The molecule has 0 saturated heterocycles. The maximum atomic E-state index is 11.5. The summed E-state index contributed by atoms with van der Waals surface area (Å²) in [6.45, 7) is 1.70. The number of benzene rings is 1. The van der Waals surface area contributed by atoms with Crippen LogP contribution in [0.5, 0.6) is 5.75 Å². The zero-order valence-electron chi connectivity index (χ0n) is 8.56. The van der Waals surface area contributed by atoms with Crippen LogP contribution in [-0.2, 0) is 14.3 Å². The van der Waals surface area contributed by atoms with Crippen molar-refractivity contribution in [2.24, 2.45) is 0 Å². The molecule has 0 radical (unpaired) electrons. The van der Waals surface area contributed by atoms with Crippen LogP contribution in [0.1, 0.15) is 6.92 Å². The van der Waals surface area contributed by atoms with Crippen LogP contribution in [0.15, 0.2) is 23.1 Å². The van der Waals surface area contributed by atoms with E-state index in [0.717, 1.165) is 0 Å². The Balaban J connectivity index is 3.17. The molecule has 0 bridgehead atoms. The number of rotatable bonds is 4. The van der Waals surface area contributed by atoms with Gasteiger partial charge in [0.15, 0.2) is 0 Å². The standard InChI is InChI=1S/C9H13NO4S/c1-3-14-15(11,12)7-4-5-8(10)9(6-7)13-2/h4-6H,3,10H2,1-2H3. The van der Waals surface area contributed by atoms with Crippen molar-refractivity contribution in [3.05, 3.63) is 18.2 Å². The first-order valence-corrected chi connectivity index (χ1v) is 5.75. The molecule has 0 atom stereocenters. The van der Waals surface area contributed by atoms with E-state index >= 15 is 0 Å². The largest absolute Gasteiger partial charge is 0.495 e. The van der Waals surface area contributed by atoms with Gasteiger partial charge in [0.1, 0.15) is 5.75 Å². The Kier molecular flexibility index (Phi) is 3.54. The molecule has 15 heavy (non-hydrogen) atoms. The van der Waals surface area contributed by atoms with Crippen molar-refractivity contribution >= 4 is 15.8 Å². The summed E-state index contributed by atoms with van der Waals surface area (Å²) < 4.78 is 32.5. The van der Waals surface area contributed by atoms with Gasteiger partial charge in [-0.3, -0.25) is 4.18 Å². The second-order valence-electron chi connectivity index (χ2n) is 2.76. The van der Waals surface area contributed by atoms with Crippen LogP contribution in [-0.4, -0.2) is 22.1 Å². The molecule has 0 fully saturated rings. The third kappa shape index (κ3) is 2.60. The van der Waals surface area contributed by atoms with Crippen molar-refractivity contribution < 1.29 is 17.3 Å². The van der Waals surface area contributed by atoms with Crippen LogP contribution in [0.3, 0.4) is 0 Å².